The average Bonchev–Trinajstić information content (AvgIpc) is 2.62. The lowest BCUT2D eigenvalue weighted by Crippen LogP contribution is -2.24. The highest BCUT2D eigenvalue weighted by atomic mass is 35.5. The SMILES string of the molecule is COc1cc(C(=O)O[C@@H](C)C(=O)c2ccc(C)c(C)c2)cc(Cl)c1OC. The maximum Gasteiger partial charge on any atom is 0.339 e. The van der Waals surface area contributed by atoms with Crippen molar-refractivity contribution in [2.45, 2.75) is 26.9 Å². The second-order valence-corrected chi connectivity index (χ2v) is 6.31. The molecule has 26 heavy (non-hydrogen) atoms. The molecule has 0 unspecified atom stereocenters. The number of hydrogen-bond acceptors (Lipinski definition) is 5. The van der Waals surface area contributed by atoms with Gasteiger partial charge in [-0.25, -0.2) is 4.79 Å². The number of ether oxygens (including phenoxy) is 3. The van der Waals surface area contributed by atoms with Crippen LogP contribution in [0.1, 0.15) is 38.8 Å². The molecule has 0 bridgehead atoms. The van der Waals surface area contributed by atoms with E-state index < -0.39 is 12.1 Å². The summed E-state index contributed by atoms with van der Waals surface area (Å²) in [5, 5.41) is 0.215. The number of esters is 1. The Morgan fingerprint density at radius 1 is 0.962 bits per heavy atom. The predicted molar refractivity (Wildman–Crippen MR) is 99.7 cm³/mol. The van der Waals surface area contributed by atoms with Gasteiger partial charge < -0.3 is 14.2 Å². The second-order valence-electron chi connectivity index (χ2n) is 5.90. The Balaban J connectivity index is 2.19. The highest BCUT2D eigenvalue weighted by Gasteiger charge is 2.22. The van der Waals surface area contributed by atoms with Crippen LogP contribution in [0, 0.1) is 13.8 Å². The summed E-state index contributed by atoms with van der Waals surface area (Å²) in [6.07, 6.45) is -0.934. The first-order valence-electron chi connectivity index (χ1n) is 8.02. The number of halogens is 1. The third-order valence-electron chi connectivity index (χ3n) is 4.11. The van der Waals surface area contributed by atoms with Crippen LogP contribution in [0.4, 0.5) is 0 Å². The molecule has 0 amide bonds. The molecule has 2 aromatic carbocycles. The maximum atomic E-state index is 12.5. The summed E-state index contributed by atoms with van der Waals surface area (Å²) >= 11 is 6.11. The van der Waals surface area contributed by atoms with Gasteiger partial charge in [0.2, 0.25) is 5.78 Å². The molecule has 5 nitrogen and oxygen atoms in total. The van der Waals surface area contributed by atoms with Crippen molar-refractivity contribution < 1.29 is 23.8 Å². The molecule has 0 saturated heterocycles. The third kappa shape index (κ3) is 4.17. The lowest BCUT2D eigenvalue weighted by atomic mass is 10.0. The molecule has 0 aliphatic heterocycles. The third-order valence-corrected chi connectivity index (χ3v) is 4.39. The van der Waals surface area contributed by atoms with Gasteiger partial charge in [0.1, 0.15) is 0 Å². The van der Waals surface area contributed by atoms with Crippen LogP contribution in [0.2, 0.25) is 5.02 Å². The topological polar surface area (TPSA) is 61.8 Å². The van der Waals surface area contributed by atoms with Crippen LogP contribution in [0.5, 0.6) is 11.5 Å². The highest BCUT2D eigenvalue weighted by Crippen LogP contribution is 2.36. The second kappa shape index (κ2) is 8.23. The van der Waals surface area contributed by atoms with E-state index in [0.29, 0.717) is 17.1 Å². The molecule has 0 fully saturated rings. The molecular weight excluding hydrogens is 356 g/mol. The number of carbonyl (C=O) groups excluding carboxylic acids is 2. The van der Waals surface area contributed by atoms with Crippen LogP contribution >= 0.6 is 11.6 Å². The van der Waals surface area contributed by atoms with Crippen molar-refractivity contribution >= 4 is 23.4 Å². The monoisotopic (exact) mass is 376 g/mol. The van der Waals surface area contributed by atoms with Gasteiger partial charge in [-0.2, -0.15) is 0 Å². The molecule has 0 aliphatic rings. The highest BCUT2D eigenvalue weighted by molar-refractivity contribution is 6.32. The Morgan fingerprint density at radius 2 is 1.65 bits per heavy atom. The fourth-order valence-corrected chi connectivity index (χ4v) is 2.74. The van der Waals surface area contributed by atoms with Crippen molar-refractivity contribution in [3.63, 3.8) is 0 Å². The number of rotatable bonds is 6. The van der Waals surface area contributed by atoms with Gasteiger partial charge in [-0.15, -0.1) is 0 Å². The minimum Gasteiger partial charge on any atom is -0.493 e. The van der Waals surface area contributed by atoms with E-state index >= 15 is 0 Å². The van der Waals surface area contributed by atoms with E-state index in [2.05, 4.69) is 0 Å². The van der Waals surface area contributed by atoms with E-state index in [0.717, 1.165) is 11.1 Å². The van der Waals surface area contributed by atoms with Gasteiger partial charge in [-0.05, 0) is 50.1 Å². The molecule has 0 heterocycles. The molecule has 0 aliphatic carbocycles. The average molecular weight is 377 g/mol. The minimum absolute atomic E-state index is 0.174. The Kier molecular flexibility index (Phi) is 6.27. The lowest BCUT2D eigenvalue weighted by Gasteiger charge is -2.15. The molecule has 1 atom stereocenters. The van der Waals surface area contributed by atoms with E-state index in [1.165, 1.54) is 33.3 Å². The van der Waals surface area contributed by atoms with Gasteiger partial charge in [0.05, 0.1) is 24.8 Å². The summed E-state index contributed by atoms with van der Waals surface area (Å²) in [4.78, 5) is 24.9. The normalized spacial score (nSPS) is 11.6. The molecule has 0 N–H and O–H groups in total. The van der Waals surface area contributed by atoms with E-state index in [4.69, 9.17) is 25.8 Å². The van der Waals surface area contributed by atoms with Crippen molar-refractivity contribution in [1.29, 1.82) is 0 Å². The van der Waals surface area contributed by atoms with E-state index in [1.807, 2.05) is 19.9 Å². The number of ketones is 1. The summed E-state index contributed by atoms with van der Waals surface area (Å²) in [5.74, 6) is -0.310. The number of methoxy groups -OCH3 is 2. The zero-order chi connectivity index (χ0) is 19.4. The van der Waals surface area contributed by atoms with Crippen LogP contribution in [0.3, 0.4) is 0 Å². The van der Waals surface area contributed by atoms with Gasteiger partial charge in [0.25, 0.3) is 0 Å². The fraction of sp³-hybridized carbons (Fsp3) is 0.300. The Labute approximate surface area is 157 Å². The first-order chi connectivity index (χ1) is 12.3. The summed E-state index contributed by atoms with van der Waals surface area (Å²) in [6.45, 7) is 5.43. The van der Waals surface area contributed by atoms with Gasteiger partial charge >= 0.3 is 5.97 Å². The number of hydrogen-bond donors (Lipinski definition) is 0. The van der Waals surface area contributed by atoms with Crippen molar-refractivity contribution in [3.05, 3.63) is 57.6 Å². The fourth-order valence-electron chi connectivity index (χ4n) is 2.45. The van der Waals surface area contributed by atoms with Gasteiger partial charge in [-0.3, -0.25) is 4.79 Å². The van der Waals surface area contributed by atoms with Gasteiger partial charge in [0, 0.05) is 5.56 Å². The summed E-state index contributed by atoms with van der Waals surface area (Å²) < 4.78 is 15.6. The number of Topliss-reactive ketones (excluding diaryl/α,β-unsaturated/α-hetero) is 1. The number of benzene rings is 2. The van der Waals surface area contributed by atoms with Crippen molar-refractivity contribution in [2.75, 3.05) is 14.2 Å². The molecule has 0 spiro atoms. The molecule has 6 heteroatoms. The first kappa shape index (κ1) is 19.8. The smallest absolute Gasteiger partial charge is 0.339 e. The Morgan fingerprint density at radius 3 is 2.23 bits per heavy atom. The maximum absolute atomic E-state index is 12.5. The van der Waals surface area contributed by atoms with Gasteiger partial charge in [-0.1, -0.05) is 23.7 Å². The van der Waals surface area contributed by atoms with E-state index in [-0.39, 0.29) is 16.4 Å². The molecule has 0 radical (unpaired) electrons. The lowest BCUT2D eigenvalue weighted by molar-refractivity contribution is 0.0318. The van der Waals surface area contributed by atoms with Crippen molar-refractivity contribution in [3.8, 4) is 11.5 Å². The van der Waals surface area contributed by atoms with Crippen molar-refractivity contribution in [2.24, 2.45) is 0 Å². The zero-order valence-corrected chi connectivity index (χ0v) is 16.1. The Hall–Kier alpha value is -2.53. The first-order valence-corrected chi connectivity index (χ1v) is 8.40. The molecule has 0 aromatic heterocycles. The zero-order valence-electron chi connectivity index (χ0n) is 15.4. The van der Waals surface area contributed by atoms with Crippen LogP contribution < -0.4 is 9.47 Å². The quantitative estimate of drug-likeness (QED) is 0.552. The minimum atomic E-state index is -0.934. The van der Waals surface area contributed by atoms with Crippen LogP contribution in [0.25, 0.3) is 0 Å². The number of aryl methyl sites for hydroxylation is 2. The molecule has 138 valence electrons. The molecule has 0 saturated carbocycles. The van der Waals surface area contributed by atoms with Crippen LogP contribution in [0.15, 0.2) is 30.3 Å². The van der Waals surface area contributed by atoms with Crippen LogP contribution in [-0.2, 0) is 4.74 Å². The largest absolute Gasteiger partial charge is 0.493 e. The van der Waals surface area contributed by atoms with E-state index in [1.54, 1.807) is 12.1 Å². The predicted octanol–water partition coefficient (Wildman–Crippen LogP) is 4.40. The molecule has 2 rings (SSSR count). The van der Waals surface area contributed by atoms with Crippen molar-refractivity contribution in [1.82, 2.24) is 0 Å². The molecular formula is C20H21ClO5. The standard InChI is InChI=1S/C20H21ClO5/c1-11-6-7-14(8-12(11)2)18(22)13(3)26-20(23)15-9-16(21)19(25-5)17(10-15)24-4/h6-10,13H,1-5H3/t13-/m0/s1. The summed E-state index contributed by atoms with van der Waals surface area (Å²) in [6, 6.07) is 8.25. The Bertz CT molecular complexity index is 844. The molecule has 2 aromatic rings. The summed E-state index contributed by atoms with van der Waals surface area (Å²) in [5.41, 5.74) is 2.76. The van der Waals surface area contributed by atoms with E-state index in [9.17, 15) is 9.59 Å². The van der Waals surface area contributed by atoms with Crippen LogP contribution in [-0.4, -0.2) is 32.1 Å². The van der Waals surface area contributed by atoms with Gasteiger partial charge in [0.15, 0.2) is 17.6 Å². The summed E-state index contributed by atoms with van der Waals surface area (Å²) in [7, 11) is 2.89. The number of carbonyl (C=O) groups is 2.